The number of anilines is 2. The van der Waals surface area contributed by atoms with Crippen LogP contribution in [0, 0.1) is 0 Å². The van der Waals surface area contributed by atoms with Crippen molar-refractivity contribution >= 4 is 45.5 Å². The Bertz CT molecular complexity index is 963. The second-order valence-corrected chi connectivity index (χ2v) is 7.89. The molecule has 5 rings (SSSR count). The van der Waals surface area contributed by atoms with E-state index in [4.69, 9.17) is 23.2 Å². The summed E-state index contributed by atoms with van der Waals surface area (Å²) in [5, 5.41) is 11.0. The first-order valence-corrected chi connectivity index (χ1v) is 9.65. The molecular weight excluding hydrogens is 367 g/mol. The van der Waals surface area contributed by atoms with E-state index in [-0.39, 0.29) is 0 Å². The van der Waals surface area contributed by atoms with Crippen LogP contribution in [0.4, 0.5) is 11.4 Å². The predicted octanol–water partition coefficient (Wildman–Crippen LogP) is 4.79. The van der Waals surface area contributed by atoms with Crippen LogP contribution in [0.25, 0.3) is 10.9 Å². The topological polar surface area (TPSA) is 32.3 Å². The highest BCUT2D eigenvalue weighted by Crippen LogP contribution is 2.39. The number of halogens is 2. The molecule has 2 aromatic carbocycles. The second kappa shape index (κ2) is 6.29. The Morgan fingerprint density at radius 2 is 1.73 bits per heavy atom. The molecule has 132 valence electrons. The minimum absolute atomic E-state index is 0.458. The van der Waals surface area contributed by atoms with Gasteiger partial charge < -0.3 is 9.80 Å². The highest BCUT2D eigenvalue weighted by molar-refractivity contribution is 6.35. The largest absolute Gasteiger partial charge is 0.367 e. The van der Waals surface area contributed by atoms with Crippen LogP contribution in [-0.2, 0) is 0 Å². The van der Waals surface area contributed by atoms with E-state index in [2.05, 4.69) is 38.2 Å². The van der Waals surface area contributed by atoms with Crippen molar-refractivity contribution in [2.45, 2.75) is 24.9 Å². The molecule has 0 amide bonds. The number of nitrogens with zero attached hydrogens (tertiary/aromatic N) is 4. The lowest BCUT2D eigenvalue weighted by Crippen LogP contribution is -2.54. The molecular formula is C20H18Cl2N4. The molecule has 0 aliphatic carbocycles. The summed E-state index contributed by atoms with van der Waals surface area (Å²) in [6.45, 7) is 1.97. The third kappa shape index (κ3) is 2.60. The molecule has 3 aromatic rings. The van der Waals surface area contributed by atoms with Gasteiger partial charge >= 0.3 is 0 Å². The highest BCUT2D eigenvalue weighted by Gasteiger charge is 2.40. The Balaban J connectivity index is 1.51. The fourth-order valence-corrected chi connectivity index (χ4v) is 4.82. The van der Waals surface area contributed by atoms with E-state index in [0.717, 1.165) is 34.7 Å². The van der Waals surface area contributed by atoms with Crippen LogP contribution in [0.3, 0.4) is 0 Å². The van der Waals surface area contributed by atoms with Gasteiger partial charge in [0.25, 0.3) is 0 Å². The number of rotatable bonds is 2. The summed E-state index contributed by atoms with van der Waals surface area (Å²) in [4.78, 5) is 4.99. The van der Waals surface area contributed by atoms with Crippen molar-refractivity contribution in [3.63, 3.8) is 0 Å². The third-order valence-corrected chi connectivity index (χ3v) is 6.07. The molecule has 1 aromatic heterocycles. The molecule has 2 bridgehead atoms. The van der Waals surface area contributed by atoms with Gasteiger partial charge in [0.1, 0.15) is 5.52 Å². The van der Waals surface area contributed by atoms with Crippen LogP contribution in [0.15, 0.2) is 48.7 Å². The molecule has 2 saturated heterocycles. The van der Waals surface area contributed by atoms with Crippen molar-refractivity contribution in [3.8, 4) is 0 Å². The fraction of sp³-hybridized carbons (Fsp3) is 0.300. The summed E-state index contributed by atoms with van der Waals surface area (Å²) >= 11 is 12.5. The lowest BCUT2D eigenvalue weighted by atomic mass is 10.1. The van der Waals surface area contributed by atoms with Gasteiger partial charge in [-0.05, 0) is 37.1 Å². The maximum Gasteiger partial charge on any atom is 0.114 e. The molecule has 2 atom stereocenters. The van der Waals surface area contributed by atoms with Gasteiger partial charge in [0.15, 0.2) is 0 Å². The van der Waals surface area contributed by atoms with E-state index in [1.165, 1.54) is 18.5 Å². The quantitative estimate of drug-likeness (QED) is 0.635. The SMILES string of the molecule is Clc1cccc(N2CC3CCC(C2)N3c2cnnc3c(Cl)cccc23)c1. The molecule has 3 heterocycles. The Morgan fingerprint density at radius 3 is 2.50 bits per heavy atom. The minimum atomic E-state index is 0.458. The van der Waals surface area contributed by atoms with Gasteiger partial charge in [0, 0.05) is 41.3 Å². The van der Waals surface area contributed by atoms with Gasteiger partial charge in [-0.3, -0.25) is 0 Å². The lowest BCUT2D eigenvalue weighted by Gasteiger charge is -2.43. The Kier molecular flexibility index (Phi) is 3.91. The first-order valence-electron chi connectivity index (χ1n) is 8.89. The molecule has 0 saturated carbocycles. The normalized spacial score (nSPS) is 22.2. The number of hydrogen-bond donors (Lipinski definition) is 0. The zero-order valence-corrected chi connectivity index (χ0v) is 15.7. The molecule has 4 nitrogen and oxygen atoms in total. The fourth-order valence-electron chi connectivity index (χ4n) is 4.42. The summed E-state index contributed by atoms with van der Waals surface area (Å²) in [6, 6.07) is 15.0. The van der Waals surface area contributed by atoms with E-state index >= 15 is 0 Å². The number of fused-ring (bicyclic) bond motifs is 3. The van der Waals surface area contributed by atoms with Crippen LogP contribution in [-0.4, -0.2) is 35.4 Å². The zero-order chi connectivity index (χ0) is 17.7. The molecule has 0 N–H and O–H groups in total. The Morgan fingerprint density at radius 1 is 0.962 bits per heavy atom. The highest BCUT2D eigenvalue weighted by atomic mass is 35.5. The van der Waals surface area contributed by atoms with Gasteiger partial charge in [-0.2, -0.15) is 5.10 Å². The number of piperazine rings is 1. The molecule has 26 heavy (non-hydrogen) atoms. The molecule has 6 heteroatoms. The van der Waals surface area contributed by atoms with Gasteiger partial charge in [-0.15, -0.1) is 5.10 Å². The maximum absolute atomic E-state index is 6.33. The van der Waals surface area contributed by atoms with Crippen LogP contribution < -0.4 is 9.80 Å². The molecule has 0 spiro atoms. The van der Waals surface area contributed by atoms with Gasteiger partial charge in [-0.25, -0.2) is 0 Å². The monoisotopic (exact) mass is 384 g/mol. The molecule has 2 aliphatic rings. The molecule has 2 fully saturated rings. The van der Waals surface area contributed by atoms with Gasteiger partial charge in [-0.1, -0.05) is 41.4 Å². The lowest BCUT2D eigenvalue weighted by molar-refractivity contribution is 0.535. The minimum Gasteiger partial charge on any atom is -0.367 e. The van der Waals surface area contributed by atoms with Crippen molar-refractivity contribution in [2.24, 2.45) is 0 Å². The number of benzene rings is 2. The third-order valence-electron chi connectivity index (χ3n) is 5.53. The zero-order valence-electron chi connectivity index (χ0n) is 14.1. The van der Waals surface area contributed by atoms with Crippen LogP contribution >= 0.6 is 23.2 Å². The first kappa shape index (κ1) is 16.2. The summed E-state index contributed by atoms with van der Waals surface area (Å²) in [7, 11) is 0. The van der Waals surface area contributed by atoms with E-state index < -0.39 is 0 Å². The van der Waals surface area contributed by atoms with E-state index in [1.54, 1.807) is 0 Å². The van der Waals surface area contributed by atoms with Gasteiger partial charge in [0.2, 0.25) is 0 Å². The van der Waals surface area contributed by atoms with Crippen molar-refractivity contribution in [2.75, 3.05) is 22.9 Å². The van der Waals surface area contributed by atoms with Crippen molar-refractivity contribution < 1.29 is 0 Å². The smallest absolute Gasteiger partial charge is 0.114 e. The van der Waals surface area contributed by atoms with Crippen LogP contribution in [0.1, 0.15) is 12.8 Å². The van der Waals surface area contributed by atoms with Crippen molar-refractivity contribution in [3.05, 3.63) is 58.7 Å². The Hall–Kier alpha value is -2.04. The predicted molar refractivity (Wildman–Crippen MR) is 108 cm³/mol. The maximum atomic E-state index is 6.33. The second-order valence-electron chi connectivity index (χ2n) is 7.04. The summed E-state index contributed by atoms with van der Waals surface area (Å²) in [5.41, 5.74) is 3.13. The van der Waals surface area contributed by atoms with E-state index in [9.17, 15) is 0 Å². The average Bonchev–Trinajstić information content (AvgIpc) is 2.91. The molecule has 2 unspecified atom stereocenters. The first-order chi connectivity index (χ1) is 12.7. The number of aromatic nitrogens is 2. The van der Waals surface area contributed by atoms with Gasteiger partial charge in [0.05, 0.1) is 16.9 Å². The summed E-state index contributed by atoms with van der Waals surface area (Å²) in [5.74, 6) is 0. The summed E-state index contributed by atoms with van der Waals surface area (Å²) in [6.07, 6.45) is 4.26. The van der Waals surface area contributed by atoms with Crippen LogP contribution in [0.2, 0.25) is 10.0 Å². The molecule has 2 aliphatic heterocycles. The van der Waals surface area contributed by atoms with Crippen molar-refractivity contribution in [1.29, 1.82) is 0 Å². The van der Waals surface area contributed by atoms with E-state index in [0.29, 0.717) is 17.1 Å². The average molecular weight is 385 g/mol. The Labute approximate surface area is 162 Å². The summed E-state index contributed by atoms with van der Waals surface area (Å²) < 4.78 is 0. The van der Waals surface area contributed by atoms with E-state index in [1.807, 2.05) is 30.5 Å². The van der Waals surface area contributed by atoms with Crippen LogP contribution in [0.5, 0.6) is 0 Å². The molecule has 0 radical (unpaired) electrons. The standard InChI is InChI=1S/C20H18Cl2N4/c21-13-3-1-4-14(9-13)25-11-15-7-8-16(12-25)26(15)19-10-23-24-20-17(19)5-2-6-18(20)22/h1-6,9-10,15-16H,7-8,11-12H2. The van der Waals surface area contributed by atoms with Crippen molar-refractivity contribution in [1.82, 2.24) is 10.2 Å². The number of hydrogen-bond acceptors (Lipinski definition) is 4.